The first kappa shape index (κ1) is 23.8. The number of halogens is 1. The fourth-order valence-electron chi connectivity index (χ4n) is 3.27. The van der Waals surface area contributed by atoms with Gasteiger partial charge in [0.05, 0.1) is 11.5 Å². The number of nitrogens with zero attached hydrogens (tertiary/aromatic N) is 2. The summed E-state index contributed by atoms with van der Waals surface area (Å²) in [5.41, 5.74) is 5.13. The second-order valence-corrected chi connectivity index (χ2v) is 10.3. The van der Waals surface area contributed by atoms with Gasteiger partial charge in [-0.15, -0.1) is 0 Å². The molecule has 14 heteroatoms. The number of aliphatic hydroxyl groups excluding tert-OH is 2. The van der Waals surface area contributed by atoms with Crippen LogP contribution in [0.1, 0.15) is 39.8 Å². The maximum Gasteiger partial charge on any atom is 0.361 e. The lowest BCUT2D eigenvalue weighted by atomic mass is 10.0. The first-order valence-electron chi connectivity index (χ1n) is 9.52. The minimum atomic E-state index is -4.80. The van der Waals surface area contributed by atoms with E-state index in [0.29, 0.717) is 0 Å². The molecule has 6 atom stereocenters. The van der Waals surface area contributed by atoms with Crippen LogP contribution in [0.25, 0.3) is 11.0 Å². The third-order valence-electron chi connectivity index (χ3n) is 5.22. The van der Waals surface area contributed by atoms with Crippen LogP contribution in [-0.4, -0.2) is 64.3 Å². The number of nitrogens with one attached hydrogen (secondary N) is 1. The summed E-state index contributed by atoms with van der Waals surface area (Å²) < 4.78 is 39.2. The van der Waals surface area contributed by atoms with E-state index in [1.165, 1.54) is 23.8 Å². The Bertz CT molecular complexity index is 1070. The fourth-order valence-corrected chi connectivity index (χ4v) is 4.14. The van der Waals surface area contributed by atoms with Crippen LogP contribution < -0.4 is 11.3 Å². The zero-order valence-corrected chi connectivity index (χ0v) is 18.0. The minimum absolute atomic E-state index is 0.0818. The van der Waals surface area contributed by atoms with Crippen molar-refractivity contribution in [3.8, 4) is 0 Å². The summed E-state index contributed by atoms with van der Waals surface area (Å²) in [7, 11) is -4.80. The number of rotatable bonds is 7. The summed E-state index contributed by atoms with van der Waals surface area (Å²) in [4.78, 5) is 28.3. The highest BCUT2D eigenvalue weighted by atomic mass is 31.2. The average molecular weight is 464 g/mol. The molecule has 0 spiro atoms. The number of alkyl halides is 1. The monoisotopic (exact) mass is 464 g/mol. The number of hydrogen-bond acceptors (Lipinski definition) is 9. The van der Waals surface area contributed by atoms with E-state index in [1.54, 1.807) is 0 Å². The molecule has 0 aromatic carbocycles. The van der Waals surface area contributed by atoms with Crippen molar-refractivity contribution in [2.45, 2.75) is 69.3 Å². The summed E-state index contributed by atoms with van der Waals surface area (Å²) in [5, 5.41) is 28.6. The predicted molar refractivity (Wildman–Crippen MR) is 107 cm³/mol. The molecule has 1 saturated heterocycles. The lowest BCUT2D eigenvalue weighted by Crippen LogP contribution is -2.39. The van der Waals surface area contributed by atoms with Crippen LogP contribution in [0, 0.1) is 0 Å². The van der Waals surface area contributed by atoms with Crippen LogP contribution >= 0.6 is 7.60 Å². The van der Waals surface area contributed by atoms with E-state index >= 15 is 4.39 Å². The zero-order chi connectivity index (χ0) is 23.4. The molecule has 3 heterocycles. The van der Waals surface area contributed by atoms with Gasteiger partial charge in [-0.05, 0) is 19.9 Å². The van der Waals surface area contributed by atoms with E-state index < -0.39 is 61.7 Å². The van der Waals surface area contributed by atoms with E-state index in [1.807, 2.05) is 0 Å². The Morgan fingerprint density at radius 3 is 2.65 bits per heavy atom. The lowest BCUT2D eigenvalue weighted by molar-refractivity contribution is -0.132. The number of hydrogen-bond donors (Lipinski definition) is 6. The van der Waals surface area contributed by atoms with Crippen molar-refractivity contribution in [2.24, 2.45) is 0 Å². The Morgan fingerprint density at radius 2 is 2.06 bits per heavy atom. The average Bonchev–Trinajstić information content (AvgIpc) is 3.16. The first-order valence-corrected chi connectivity index (χ1v) is 11.1. The van der Waals surface area contributed by atoms with Gasteiger partial charge in [-0.1, -0.05) is 6.92 Å². The van der Waals surface area contributed by atoms with Crippen LogP contribution in [0.4, 0.5) is 10.3 Å². The molecule has 2 aromatic rings. The van der Waals surface area contributed by atoms with Gasteiger partial charge in [0.1, 0.15) is 12.2 Å². The zero-order valence-electron chi connectivity index (χ0n) is 17.1. The number of anilines is 1. The third kappa shape index (κ3) is 4.40. The molecule has 0 radical (unpaired) electrons. The Morgan fingerprint density at radius 1 is 1.42 bits per heavy atom. The highest BCUT2D eigenvalue weighted by molar-refractivity contribution is 7.54. The van der Waals surface area contributed by atoms with Crippen LogP contribution in [-0.2, 0) is 13.8 Å². The fraction of sp³-hybridized carbons (Fsp3) is 0.647. The smallest absolute Gasteiger partial charge is 0.361 e. The molecule has 1 aliphatic rings. The van der Waals surface area contributed by atoms with E-state index in [-0.39, 0.29) is 17.0 Å². The summed E-state index contributed by atoms with van der Waals surface area (Å²) in [6, 6.07) is 1.41. The van der Waals surface area contributed by atoms with Crippen molar-refractivity contribution < 1.29 is 38.4 Å². The van der Waals surface area contributed by atoms with Crippen molar-refractivity contribution in [1.82, 2.24) is 14.5 Å². The molecule has 3 rings (SSSR count). The maximum absolute atomic E-state index is 15.3. The molecule has 0 amide bonds. The number of H-pyrrole nitrogens is 1. The predicted octanol–water partition coefficient (Wildman–Crippen LogP) is 0.322. The van der Waals surface area contributed by atoms with Crippen LogP contribution in [0.3, 0.4) is 0 Å². The molecule has 0 aliphatic carbocycles. The van der Waals surface area contributed by atoms with Gasteiger partial charge in [-0.3, -0.25) is 18.9 Å². The standard InChI is InChI=1S/C17H26FN4O8P/c1-4-17(18,30-31(27,28)16(2,3)26)7-9-10(23)11(24)14(29-9)22-6-5-8-12(22)20-15(19)21-13(8)25/h5-6,9-11,14,23-24,26H,4,7H2,1-3H3,(H,27,28)(H3,19,20,21,25)/t9-,10-,11-,14-,17-/m1/s1. The minimum Gasteiger partial charge on any atom is -0.388 e. The summed E-state index contributed by atoms with van der Waals surface area (Å²) >= 11 is 0. The maximum atomic E-state index is 15.3. The van der Waals surface area contributed by atoms with Gasteiger partial charge in [0, 0.05) is 19.0 Å². The highest BCUT2D eigenvalue weighted by Crippen LogP contribution is 2.58. The molecule has 1 fully saturated rings. The third-order valence-corrected chi connectivity index (χ3v) is 7.18. The molecule has 2 aromatic heterocycles. The molecule has 31 heavy (non-hydrogen) atoms. The van der Waals surface area contributed by atoms with E-state index in [4.69, 9.17) is 15.0 Å². The quantitative estimate of drug-likeness (QED) is 0.311. The number of fused-ring (bicyclic) bond motifs is 1. The molecule has 0 saturated carbocycles. The highest BCUT2D eigenvalue weighted by Gasteiger charge is 2.52. The molecule has 1 aliphatic heterocycles. The number of aromatic amines is 1. The van der Waals surface area contributed by atoms with Gasteiger partial charge in [0.2, 0.25) is 11.8 Å². The van der Waals surface area contributed by atoms with Gasteiger partial charge in [-0.25, -0.2) is 4.39 Å². The van der Waals surface area contributed by atoms with Crippen molar-refractivity contribution >= 4 is 24.6 Å². The van der Waals surface area contributed by atoms with Gasteiger partial charge >= 0.3 is 7.60 Å². The van der Waals surface area contributed by atoms with Crippen LogP contribution in [0.15, 0.2) is 17.1 Å². The molecular weight excluding hydrogens is 438 g/mol. The van der Waals surface area contributed by atoms with Crippen molar-refractivity contribution in [3.05, 3.63) is 22.6 Å². The SMILES string of the molecule is CC[C@](F)(C[C@H]1O[C@@H](n2ccc3c(=O)[nH]c(N)nc32)[C@H](O)[C@@H]1O)OP(=O)(O)C(C)(C)O. The Balaban J connectivity index is 1.87. The Hall–Kier alpha value is -1.86. The van der Waals surface area contributed by atoms with E-state index in [9.17, 15) is 29.6 Å². The Labute approximate surface area is 176 Å². The topological polar surface area (TPSA) is 193 Å². The van der Waals surface area contributed by atoms with Gasteiger partial charge < -0.3 is 35.3 Å². The molecular formula is C17H26FN4O8P. The van der Waals surface area contributed by atoms with E-state index in [2.05, 4.69) is 9.97 Å². The van der Waals surface area contributed by atoms with Crippen molar-refractivity contribution in [1.29, 1.82) is 0 Å². The summed E-state index contributed by atoms with van der Waals surface area (Å²) in [5.74, 6) is -2.92. The Kier molecular flexibility index (Phi) is 6.08. The molecule has 1 unspecified atom stereocenters. The number of aromatic nitrogens is 3. The summed E-state index contributed by atoms with van der Waals surface area (Å²) in [6.07, 6.45) is -5.45. The summed E-state index contributed by atoms with van der Waals surface area (Å²) in [6.45, 7) is 3.35. The first-order chi connectivity index (χ1) is 14.2. The van der Waals surface area contributed by atoms with Crippen molar-refractivity contribution in [2.75, 3.05) is 5.73 Å². The van der Waals surface area contributed by atoms with Gasteiger partial charge in [0.15, 0.2) is 17.2 Å². The number of nitrogen functional groups attached to an aromatic ring is 1. The van der Waals surface area contributed by atoms with Crippen molar-refractivity contribution in [3.63, 3.8) is 0 Å². The van der Waals surface area contributed by atoms with Gasteiger partial charge in [-0.2, -0.15) is 4.98 Å². The lowest BCUT2D eigenvalue weighted by Gasteiger charge is -2.33. The molecule has 174 valence electrons. The number of nitrogens with two attached hydrogens (primary N) is 1. The number of ether oxygens (including phenoxy) is 1. The van der Waals surface area contributed by atoms with Crippen LogP contribution in [0.5, 0.6) is 0 Å². The molecule has 0 bridgehead atoms. The number of aliphatic hydroxyl groups is 3. The normalized spacial score (nSPS) is 28.5. The molecule has 12 nitrogen and oxygen atoms in total. The van der Waals surface area contributed by atoms with Gasteiger partial charge in [0.25, 0.3) is 5.56 Å². The van der Waals surface area contributed by atoms with E-state index in [0.717, 1.165) is 13.8 Å². The second-order valence-electron chi connectivity index (χ2n) is 8.00. The second kappa shape index (κ2) is 7.93. The largest absolute Gasteiger partial charge is 0.388 e. The molecule has 7 N–H and O–H groups in total. The van der Waals surface area contributed by atoms with Crippen LogP contribution in [0.2, 0.25) is 0 Å².